The molecular formula is C26H26N4O9. The van der Waals surface area contributed by atoms with Gasteiger partial charge in [-0.3, -0.25) is 28.9 Å². The number of ether oxygens (including phenoxy) is 2. The molecule has 39 heavy (non-hydrogen) atoms. The molecule has 2 aliphatic heterocycles. The number of anilines is 2. The number of para-hydroxylation sites is 2. The Morgan fingerprint density at radius 1 is 1.10 bits per heavy atom. The number of amides is 4. The van der Waals surface area contributed by atoms with Crippen LogP contribution in [0.3, 0.4) is 0 Å². The Balaban J connectivity index is 1.64. The number of hydrogen-bond donors (Lipinski definition) is 3. The minimum atomic E-state index is -1.30. The van der Waals surface area contributed by atoms with Crippen molar-refractivity contribution in [2.45, 2.75) is 31.8 Å². The molecule has 2 atom stereocenters. The Labute approximate surface area is 222 Å². The molecule has 0 aromatic heterocycles. The molecular weight excluding hydrogens is 512 g/mol. The molecule has 204 valence electrons. The summed E-state index contributed by atoms with van der Waals surface area (Å²) in [6.45, 7) is 0.880. The van der Waals surface area contributed by atoms with Gasteiger partial charge in [0.2, 0.25) is 18.6 Å². The lowest BCUT2D eigenvalue weighted by molar-refractivity contribution is -0.139. The lowest BCUT2D eigenvalue weighted by Gasteiger charge is -2.25. The van der Waals surface area contributed by atoms with E-state index in [1.54, 1.807) is 37.3 Å². The molecule has 0 radical (unpaired) electrons. The summed E-state index contributed by atoms with van der Waals surface area (Å²) in [6.07, 6.45) is -0.227. The van der Waals surface area contributed by atoms with Gasteiger partial charge in [0.15, 0.2) is 11.5 Å². The zero-order chi connectivity index (χ0) is 28.1. The number of benzene rings is 2. The van der Waals surface area contributed by atoms with Crippen molar-refractivity contribution in [2.24, 2.45) is 0 Å². The van der Waals surface area contributed by atoms with E-state index >= 15 is 0 Å². The quantitative estimate of drug-likeness (QED) is 0.384. The van der Waals surface area contributed by atoms with Gasteiger partial charge in [-0.1, -0.05) is 19.1 Å². The summed E-state index contributed by atoms with van der Waals surface area (Å²) in [5, 5.41) is 13.9. The predicted octanol–water partition coefficient (Wildman–Crippen LogP) is 0.462. The Hall–Kier alpha value is -4.94. The standard InChI is InChI=1S/C26H26N4O9/c1-2-23(33)29-11-17(28-25(36)15-7-8-20-21(9-15)39-14-38-20)26(37)30(19-6-4-3-5-18(19)29)12-22(32)27-16(13-31)10-24(34)35/h3-9,13,16-17H,2,10-12,14H2,1H3,(H,27,32)(H,28,36)(H,34,35). The van der Waals surface area contributed by atoms with Crippen molar-refractivity contribution < 1.29 is 43.3 Å². The number of hydrogen-bond acceptors (Lipinski definition) is 8. The number of carboxylic acid groups (broad SMARTS) is 1. The molecule has 2 heterocycles. The zero-order valence-electron chi connectivity index (χ0n) is 20.9. The van der Waals surface area contributed by atoms with Crippen LogP contribution in [0.5, 0.6) is 11.5 Å². The van der Waals surface area contributed by atoms with E-state index in [1.165, 1.54) is 17.0 Å². The van der Waals surface area contributed by atoms with Crippen LogP contribution < -0.4 is 29.9 Å². The minimum Gasteiger partial charge on any atom is -0.481 e. The smallest absolute Gasteiger partial charge is 0.305 e. The van der Waals surface area contributed by atoms with Crippen LogP contribution in [0, 0.1) is 0 Å². The molecule has 2 unspecified atom stereocenters. The maximum Gasteiger partial charge on any atom is 0.305 e. The first kappa shape index (κ1) is 27.1. The fourth-order valence-corrected chi connectivity index (χ4v) is 4.28. The Morgan fingerprint density at radius 2 is 1.82 bits per heavy atom. The lowest BCUT2D eigenvalue weighted by atomic mass is 10.1. The number of nitrogens with one attached hydrogen (secondary N) is 2. The molecule has 4 amide bonds. The lowest BCUT2D eigenvalue weighted by Crippen LogP contribution is -2.54. The molecule has 0 saturated heterocycles. The number of carbonyl (C=O) groups excluding carboxylic acids is 5. The van der Waals surface area contributed by atoms with Gasteiger partial charge in [0.05, 0.1) is 30.4 Å². The van der Waals surface area contributed by atoms with Gasteiger partial charge >= 0.3 is 5.97 Å². The molecule has 13 nitrogen and oxygen atoms in total. The van der Waals surface area contributed by atoms with Crippen molar-refractivity contribution in [1.82, 2.24) is 10.6 Å². The summed E-state index contributed by atoms with van der Waals surface area (Å²) in [6, 6.07) is 8.43. The molecule has 2 aromatic rings. The maximum atomic E-state index is 13.8. The van der Waals surface area contributed by atoms with Crippen LogP contribution in [0.1, 0.15) is 30.1 Å². The Morgan fingerprint density at radius 3 is 2.51 bits per heavy atom. The SMILES string of the molecule is CCC(=O)N1CC(NC(=O)c2ccc3c(c2)OCO3)C(=O)N(CC(=O)NC(C=O)CC(=O)O)c2ccccc21. The highest BCUT2D eigenvalue weighted by Crippen LogP contribution is 2.34. The molecule has 0 bridgehead atoms. The van der Waals surface area contributed by atoms with Crippen LogP contribution >= 0.6 is 0 Å². The molecule has 4 rings (SSSR count). The number of carbonyl (C=O) groups is 6. The largest absolute Gasteiger partial charge is 0.481 e. The normalized spacial score (nSPS) is 16.5. The predicted molar refractivity (Wildman–Crippen MR) is 136 cm³/mol. The van der Waals surface area contributed by atoms with Crippen molar-refractivity contribution in [3.8, 4) is 11.5 Å². The fourth-order valence-electron chi connectivity index (χ4n) is 4.28. The van der Waals surface area contributed by atoms with Crippen LogP contribution in [0.2, 0.25) is 0 Å². The topological polar surface area (TPSA) is 172 Å². The van der Waals surface area contributed by atoms with Gasteiger partial charge in [0, 0.05) is 12.0 Å². The third-order valence-corrected chi connectivity index (χ3v) is 6.14. The van der Waals surface area contributed by atoms with E-state index in [2.05, 4.69) is 10.6 Å². The van der Waals surface area contributed by atoms with Crippen molar-refractivity contribution in [2.75, 3.05) is 29.7 Å². The zero-order valence-corrected chi connectivity index (χ0v) is 20.9. The van der Waals surface area contributed by atoms with Crippen LogP contribution in [-0.2, 0) is 24.0 Å². The first-order valence-corrected chi connectivity index (χ1v) is 12.1. The van der Waals surface area contributed by atoms with Gasteiger partial charge in [-0.15, -0.1) is 0 Å². The molecule has 13 heteroatoms. The summed E-state index contributed by atoms with van der Waals surface area (Å²) in [5.74, 6) is -2.86. The van der Waals surface area contributed by atoms with Crippen molar-refractivity contribution in [3.05, 3.63) is 48.0 Å². The average molecular weight is 539 g/mol. The van der Waals surface area contributed by atoms with Crippen LogP contribution in [0.4, 0.5) is 11.4 Å². The van der Waals surface area contributed by atoms with E-state index in [9.17, 15) is 28.8 Å². The molecule has 2 aliphatic rings. The van der Waals surface area contributed by atoms with E-state index in [1.807, 2.05) is 0 Å². The van der Waals surface area contributed by atoms with E-state index in [0.29, 0.717) is 23.5 Å². The number of fused-ring (bicyclic) bond motifs is 2. The van der Waals surface area contributed by atoms with Gasteiger partial charge in [-0.2, -0.15) is 0 Å². The number of carboxylic acids is 1. The Kier molecular flexibility index (Phi) is 8.08. The number of aldehydes is 1. The first-order chi connectivity index (χ1) is 18.7. The van der Waals surface area contributed by atoms with E-state index < -0.39 is 48.7 Å². The summed E-state index contributed by atoms with van der Waals surface area (Å²) >= 11 is 0. The Bertz CT molecular complexity index is 1330. The molecule has 0 spiro atoms. The second-order valence-corrected chi connectivity index (χ2v) is 8.77. The fraction of sp³-hybridized carbons (Fsp3) is 0.308. The van der Waals surface area contributed by atoms with Crippen molar-refractivity contribution >= 4 is 47.3 Å². The summed E-state index contributed by atoms with van der Waals surface area (Å²) in [4.78, 5) is 77.3. The van der Waals surface area contributed by atoms with Gasteiger partial charge in [-0.05, 0) is 30.3 Å². The van der Waals surface area contributed by atoms with Gasteiger partial charge in [-0.25, -0.2) is 0 Å². The van der Waals surface area contributed by atoms with E-state index in [-0.39, 0.29) is 36.9 Å². The highest BCUT2D eigenvalue weighted by Gasteiger charge is 2.37. The maximum absolute atomic E-state index is 13.8. The van der Waals surface area contributed by atoms with Gasteiger partial charge in [0.1, 0.15) is 18.9 Å². The molecule has 0 saturated carbocycles. The van der Waals surface area contributed by atoms with Crippen LogP contribution in [0.25, 0.3) is 0 Å². The second-order valence-electron chi connectivity index (χ2n) is 8.77. The van der Waals surface area contributed by atoms with Gasteiger partial charge in [0.25, 0.3) is 11.8 Å². The van der Waals surface area contributed by atoms with E-state index in [4.69, 9.17) is 14.6 Å². The number of rotatable bonds is 9. The van der Waals surface area contributed by atoms with E-state index in [0.717, 1.165) is 4.90 Å². The molecule has 2 aromatic carbocycles. The third kappa shape index (κ3) is 5.98. The number of aliphatic carboxylic acids is 1. The second kappa shape index (κ2) is 11.6. The molecule has 0 fully saturated rings. The summed E-state index contributed by atoms with van der Waals surface area (Å²) in [7, 11) is 0. The highest BCUT2D eigenvalue weighted by atomic mass is 16.7. The van der Waals surface area contributed by atoms with Crippen LogP contribution in [0.15, 0.2) is 42.5 Å². The van der Waals surface area contributed by atoms with Crippen LogP contribution in [-0.4, -0.2) is 73.0 Å². The summed E-state index contributed by atoms with van der Waals surface area (Å²) in [5.41, 5.74) is 0.775. The van der Waals surface area contributed by atoms with Crippen molar-refractivity contribution in [1.29, 1.82) is 0 Å². The average Bonchev–Trinajstić information content (AvgIpc) is 3.36. The first-order valence-electron chi connectivity index (χ1n) is 12.1. The minimum absolute atomic E-state index is 0.0162. The van der Waals surface area contributed by atoms with Crippen molar-refractivity contribution in [3.63, 3.8) is 0 Å². The monoisotopic (exact) mass is 538 g/mol. The molecule has 0 aliphatic carbocycles. The summed E-state index contributed by atoms with van der Waals surface area (Å²) < 4.78 is 10.6. The molecule has 3 N–H and O–H groups in total. The van der Waals surface area contributed by atoms with Gasteiger partial charge < -0.3 is 34.9 Å². The number of nitrogens with zero attached hydrogens (tertiary/aromatic N) is 2. The highest BCUT2D eigenvalue weighted by molar-refractivity contribution is 6.11. The third-order valence-electron chi connectivity index (χ3n) is 6.14.